The predicted molar refractivity (Wildman–Crippen MR) is 82.5 cm³/mol. The number of nitrogens with one attached hydrogen (secondary N) is 2. The first-order chi connectivity index (χ1) is 10.1. The Kier molecular flexibility index (Phi) is 7.29. The van der Waals surface area contributed by atoms with Crippen LogP contribution in [-0.2, 0) is 4.79 Å². The molecule has 2 amide bonds. The van der Waals surface area contributed by atoms with Crippen molar-refractivity contribution in [3.8, 4) is 5.75 Å². The summed E-state index contributed by atoms with van der Waals surface area (Å²) in [6.07, 6.45) is 2.11. The summed E-state index contributed by atoms with van der Waals surface area (Å²) in [5, 5.41) is 5.67. The van der Waals surface area contributed by atoms with Crippen LogP contribution in [0, 0.1) is 0 Å². The van der Waals surface area contributed by atoms with Crippen LogP contribution in [-0.4, -0.2) is 31.5 Å². The van der Waals surface area contributed by atoms with E-state index in [1.807, 2.05) is 13.8 Å². The Bertz CT molecular complexity index is 470. The Morgan fingerprint density at radius 2 is 1.95 bits per heavy atom. The number of ether oxygens (including phenoxy) is 1. The fraction of sp³-hybridized carbons (Fsp3) is 0.500. The standard InChI is InChI=1S/C16H24N2O3/c1-4-13(5-2)18-15(19)9-10-17-16(20)12-7-6-8-14(11-12)21-3/h6-8,11,13H,4-5,9-10H2,1-3H3,(H,17,20)(H,18,19). The second kappa shape index (κ2) is 9.00. The molecule has 1 rings (SSSR count). The maximum atomic E-state index is 11.9. The van der Waals surface area contributed by atoms with Gasteiger partial charge in [0.25, 0.3) is 5.91 Å². The third-order valence-electron chi connectivity index (χ3n) is 3.32. The number of methoxy groups -OCH3 is 1. The van der Waals surface area contributed by atoms with Crippen molar-refractivity contribution in [3.63, 3.8) is 0 Å². The third-order valence-corrected chi connectivity index (χ3v) is 3.32. The second-order valence-corrected chi connectivity index (χ2v) is 4.82. The van der Waals surface area contributed by atoms with Crippen molar-refractivity contribution in [2.75, 3.05) is 13.7 Å². The molecule has 2 N–H and O–H groups in total. The van der Waals surface area contributed by atoms with Gasteiger partial charge in [-0.3, -0.25) is 9.59 Å². The van der Waals surface area contributed by atoms with Gasteiger partial charge in [-0.25, -0.2) is 0 Å². The molecule has 5 heteroatoms. The van der Waals surface area contributed by atoms with E-state index in [0.717, 1.165) is 12.8 Å². The predicted octanol–water partition coefficient (Wildman–Crippen LogP) is 2.12. The van der Waals surface area contributed by atoms with E-state index < -0.39 is 0 Å². The van der Waals surface area contributed by atoms with E-state index in [4.69, 9.17) is 4.74 Å². The lowest BCUT2D eigenvalue weighted by Crippen LogP contribution is -2.36. The Labute approximate surface area is 126 Å². The molecule has 0 bridgehead atoms. The van der Waals surface area contributed by atoms with Crippen LogP contribution in [0.1, 0.15) is 43.5 Å². The highest BCUT2D eigenvalue weighted by molar-refractivity contribution is 5.94. The number of carbonyl (C=O) groups is 2. The van der Waals surface area contributed by atoms with Crippen molar-refractivity contribution in [1.82, 2.24) is 10.6 Å². The van der Waals surface area contributed by atoms with Crippen molar-refractivity contribution in [2.45, 2.75) is 39.2 Å². The summed E-state index contributed by atoms with van der Waals surface area (Å²) in [6, 6.07) is 7.13. The first-order valence-corrected chi connectivity index (χ1v) is 7.32. The molecule has 0 aliphatic carbocycles. The van der Waals surface area contributed by atoms with Gasteiger partial charge in [0.15, 0.2) is 0 Å². The van der Waals surface area contributed by atoms with Gasteiger partial charge in [-0.2, -0.15) is 0 Å². The molecule has 21 heavy (non-hydrogen) atoms. The van der Waals surface area contributed by atoms with E-state index in [-0.39, 0.29) is 24.3 Å². The van der Waals surface area contributed by atoms with Gasteiger partial charge >= 0.3 is 0 Å². The average Bonchev–Trinajstić information content (AvgIpc) is 2.52. The molecule has 1 aromatic rings. The summed E-state index contributed by atoms with van der Waals surface area (Å²) in [5.41, 5.74) is 0.523. The Morgan fingerprint density at radius 3 is 2.57 bits per heavy atom. The lowest BCUT2D eigenvalue weighted by Gasteiger charge is -2.14. The van der Waals surface area contributed by atoms with Gasteiger partial charge in [-0.15, -0.1) is 0 Å². The highest BCUT2D eigenvalue weighted by atomic mass is 16.5. The van der Waals surface area contributed by atoms with Crippen molar-refractivity contribution in [1.29, 1.82) is 0 Å². The Morgan fingerprint density at radius 1 is 1.24 bits per heavy atom. The van der Waals surface area contributed by atoms with Crippen LogP contribution >= 0.6 is 0 Å². The average molecular weight is 292 g/mol. The molecule has 0 atom stereocenters. The quantitative estimate of drug-likeness (QED) is 0.771. The van der Waals surface area contributed by atoms with Crippen molar-refractivity contribution >= 4 is 11.8 Å². The van der Waals surface area contributed by atoms with E-state index in [2.05, 4.69) is 10.6 Å². The van der Waals surface area contributed by atoms with Gasteiger partial charge in [0, 0.05) is 24.6 Å². The van der Waals surface area contributed by atoms with Crippen molar-refractivity contribution in [2.24, 2.45) is 0 Å². The largest absolute Gasteiger partial charge is 0.497 e. The zero-order valence-electron chi connectivity index (χ0n) is 12.9. The zero-order valence-corrected chi connectivity index (χ0v) is 12.9. The topological polar surface area (TPSA) is 67.4 Å². The van der Waals surface area contributed by atoms with E-state index in [1.165, 1.54) is 0 Å². The SMILES string of the molecule is CCC(CC)NC(=O)CCNC(=O)c1cccc(OC)c1. The molecule has 1 aromatic carbocycles. The summed E-state index contributed by atoms with van der Waals surface area (Å²) < 4.78 is 5.07. The van der Waals surface area contributed by atoms with Crippen LogP contribution in [0.5, 0.6) is 5.75 Å². The smallest absolute Gasteiger partial charge is 0.251 e. The minimum absolute atomic E-state index is 0.0327. The Hall–Kier alpha value is -2.04. The number of amides is 2. The number of carbonyl (C=O) groups excluding carboxylic acids is 2. The first kappa shape index (κ1) is 17.0. The molecule has 0 aliphatic rings. The molecular weight excluding hydrogens is 268 g/mol. The van der Waals surface area contributed by atoms with Crippen LogP contribution in [0.25, 0.3) is 0 Å². The van der Waals surface area contributed by atoms with Crippen LogP contribution < -0.4 is 15.4 Å². The molecule has 0 spiro atoms. The molecule has 0 saturated heterocycles. The number of hydrogen-bond donors (Lipinski definition) is 2. The maximum absolute atomic E-state index is 11.9. The summed E-state index contributed by atoms with van der Waals surface area (Å²) in [6.45, 7) is 4.40. The van der Waals surface area contributed by atoms with Gasteiger partial charge < -0.3 is 15.4 Å². The van der Waals surface area contributed by atoms with Gasteiger partial charge in [-0.1, -0.05) is 19.9 Å². The molecule has 116 valence electrons. The van der Waals surface area contributed by atoms with Gasteiger partial charge in [0.1, 0.15) is 5.75 Å². The van der Waals surface area contributed by atoms with Crippen molar-refractivity contribution in [3.05, 3.63) is 29.8 Å². The van der Waals surface area contributed by atoms with E-state index >= 15 is 0 Å². The normalized spacial score (nSPS) is 10.3. The van der Waals surface area contributed by atoms with Crippen LogP contribution in [0.3, 0.4) is 0 Å². The van der Waals surface area contributed by atoms with Gasteiger partial charge in [0.2, 0.25) is 5.91 Å². The fourth-order valence-electron chi connectivity index (χ4n) is 1.95. The summed E-state index contributed by atoms with van der Waals surface area (Å²) in [5.74, 6) is 0.396. The molecular formula is C16H24N2O3. The molecule has 0 aliphatic heterocycles. The lowest BCUT2D eigenvalue weighted by atomic mass is 10.1. The minimum atomic E-state index is -0.204. The molecule has 0 unspecified atom stereocenters. The number of rotatable bonds is 8. The monoisotopic (exact) mass is 292 g/mol. The van der Waals surface area contributed by atoms with Crippen LogP contribution in [0.15, 0.2) is 24.3 Å². The lowest BCUT2D eigenvalue weighted by molar-refractivity contribution is -0.121. The molecule has 0 fully saturated rings. The van der Waals surface area contributed by atoms with Gasteiger partial charge in [0.05, 0.1) is 7.11 Å². The van der Waals surface area contributed by atoms with Crippen molar-refractivity contribution < 1.29 is 14.3 Å². The summed E-state index contributed by atoms with van der Waals surface area (Å²) >= 11 is 0. The number of hydrogen-bond acceptors (Lipinski definition) is 3. The summed E-state index contributed by atoms with van der Waals surface area (Å²) in [4.78, 5) is 23.6. The minimum Gasteiger partial charge on any atom is -0.497 e. The van der Waals surface area contributed by atoms with Crippen LogP contribution in [0.2, 0.25) is 0 Å². The number of benzene rings is 1. The van der Waals surface area contributed by atoms with E-state index in [1.54, 1.807) is 31.4 Å². The highest BCUT2D eigenvalue weighted by Crippen LogP contribution is 2.12. The Balaban J connectivity index is 2.37. The molecule has 0 heterocycles. The highest BCUT2D eigenvalue weighted by Gasteiger charge is 2.10. The first-order valence-electron chi connectivity index (χ1n) is 7.32. The zero-order chi connectivity index (χ0) is 15.7. The van der Waals surface area contributed by atoms with Gasteiger partial charge in [-0.05, 0) is 31.0 Å². The van der Waals surface area contributed by atoms with E-state index in [0.29, 0.717) is 17.9 Å². The molecule has 0 radical (unpaired) electrons. The molecule has 5 nitrogen and oxygen atoms in total. The van der Waals surface area contributed by atoms with Crippen LogP contribution in [0.4, 0.5) is 0 Å². The van der Waals surface area contributed by atoms with E-state index in [9.17, 15) is 9.59 Å². The second-order valence-electron chi connectivity index (χ2n) is 4.82. The summed E-state index contributed by atoms with van der Waals surface area (Å²) in [7, 11) is 1.55. The fourth-order valence-corrected chi connectivity index (χ4v) is 1.95. The third kappa shape index (κ3) is 5.85. The maximum Gasteiger partial charge on any atom is 0.251 e. The molecule has 0 aromatic heterocycles. The molecule has 0 saturated carbocycles.